The molecule has 1 aliphatic rings. The number of thiophene rings is 1. The van der Waals surface area contributed by atoms with Crippen molar-refractivity contribution < 1.29 is 33.5 Å². The van der Waals surface area contributed by atoms with Gasteiger partial charge in [0.05, 0.1) is 28.7 Å². The van der Waals surface area contributed by atoms with Crippen molar-refractivity contribution in [3.63, 3.8) is 0 Å². The van der Waals surface area contributed by atoms with E-state index in [1.165, 1.54) is 17.5 Å². The third kappa shape index (κ3) is 5.01. The first-order valence-corrected chi connectivity index (χ1v) is 11.8. The number of ether oxygens (including phenoxy) is 1. The quantitative estimate of drug-likeness (QED) is 0.298. The summed E-state index contributed by atoms with van der Waals surface area (Å²) >= 11 is 1.27. The summed E-state index contributed by atoms with van der Waals surface area (Å²) in [5, 5.41) is 18.1. The Bertz CT molecular complexity index is 1060. The number of carbonyl (C=O) groups is 1. The van der Waals surface area contributed by atoms with Gasteiger partial charge in [-0.15, -0.1) is 11.3 Å². The van der Waals surface area contributed by atoms with E-state index in [0.717, 1.165) is 15.1 Å². The van der Waals surface area contributed by atoms with Crippen molar-refractivity contribution in [1.29, 1.82) is 0 Å². The minimum Gasteiger partial charge on any atom is -0.368 e. The molecule has 1 atom stereocenters. The zero-order chi connectivity index (χ0) is 23.4. The Morgan fingerprint density at radius 2 is 2.10 bits per heavy atom. The number of aromatic nitrogens is 2. The molecule has 1 amide bonds. The van der Waals surface area contributed by atoms with Gasteiger partial charge in [-0.3, -0.25) is 9.32 Å². The monoisotopic (exact) mass is 474 g/mol. The number of aliphatic hydroxyl groups excluding tert-OH is 1. The Morgan fingerprint density at radius 1 is 1.45 bits per heavy atom. The summed E-state index contributed by atoms with van der Waals surface area (Å²) in [6.07, 6.45) is 0.556. The Labute approximate surface area is 183 Å². The lowest BCUT2D eigenvalue weighted by Gasteiger charge is -2.41. The van der Waals surface area contributed by atoms with Gasteiger partial charge in [0.25, 0.3) is 5.91 Å². The minimum atomic E-state index is -4.73. The largest absolute Gasteiger partial charge is 0.471 e. The van der Waals surface area contributed by atoms with Gasteiger partial charge in [-0.05, 0) is 45.7 Å². The van der Waals surface area contributed by atoms with Crippen LogP contribution in [0.5, 0.6) is 0 Å². The number of amides is 1. The van der Waals surface area contributed by atoms with E-state index in [1.54, 1.807) is 6.92 Å². The molecule has 2 aromatic heterocycles. The predicted molar refractivity (Wildman–Crippen MR) is 113 cm³/mol. The van der Waals surface area contributed by atoms with E-state index in [4.69, 9.17) is 20.3 Å². The van der Waals surface area contributed by atoms with Gasteiger partial charge >= 0.3 is 7.82 Å². The maximum Gasteiger partial charge on any atom is 0.471 e. The number of nitrogens with one attached hydrogen (secondary N) is 1. The number of carbonyl (C=O) groups excluding carboxylic acids is 1. The van der Waals surface area contributed by atoms with Crippen LogP contribution in [0, 0.1) is 6.92 Å². The van der Waals surface area contributed by atoms with Crippen LogP contribution in [-0.2, 0) is 32.6 Å². The van der Waals surface area contributed by atoms with Crippen LogP contribution in [0.2, 0.25) is 0 Å². The van der Waals surface area contributed by atoms with Gasteiger partial charge in [0.1, 0.15) is 5.00 Å². The summed E-state index contributed by atoms with van der Waals surface area (Å²) in [6, 6.07) is 0. The van der Waals surface area contributed by atoms with E-state index < -0.39 is 37.9 Å². The molecule has 0 saturated carbocycles. The Hall–Kier alpha value is -1.79. The average molecular weight is 474 g/mol. The van der Waals surface area contributed by atoms with E-state index >= 15 is 0 Å². The number of nitrogens with zero attached hydrogens (tertiary/aromatic N) is 2. The zero-order valence-electron chi connectivity index (χ0n) is 17.9. The molecule has 0 radical (unpaired) electrons. The summed E-state index contributed by atoms with van der Waals surface area (Å²) in [5.74, 6) is -0.629. The third-order valence-electron chi connectivity index (χ3n) is 4.88. The molecule has 172 valence electrons. The van der Waals surface area contributed by atoms with E-state index in [2.05, 4.69) is 14.9 Å². The Morgan fingerprint density at radius 3 is 2.68 bits per heavy atom. The van der Waals surface area contributed by atoms with E-state index in [1.807, 2.05) is 27.7 Å². The number of aliphatic hydroxyl groups is 1. The maximum absolute atomic E-state index is 12.3. The van der Waals surface area contributed by atoms with Crippen LogP contribution in [0.1, 0.15) is 66.0 Å². The molecule has 3 rings (SSSR count). The van der Waals surface area contributed by atoms with Gasteiger partial charge in [-0.1, -0.05) is 0 Å². The summed E-state index contributed by atoms with van der Waals surface area (Å²) in [6.45, 7) is 8.80. The fourth-order valence-corrected chi connectivity index (χ4v) is 5.50. The van der Waals surface area contributed by atoms with Gasteiger partial charge < -0.3 is 30.7 Å². The highest BCUT2D eigenvalue weighted by Crippen LogP contribution is 2.48. The maximum atomic E-state index is 12.3. The van der Waals surface area contributed by atoms with Crippen LogP contribution >= 0.6 is 19.2 Å². The molecule has 0 aromatic carbocycles. The number of phosphoric acid groups is 1. The fourth-order valence-electron chi connectivity index (χ4n) is 3.95. The number of phosphoric ester groups is 1. The topological polar surface area (TPSA) is 169 Å². The number of aryl methyl sites for hydroxylation is 1. The summed E-state index contributed by atoms with van der Waals surface area (Å²) in [7, 11) is -4.73. The number of rotatable bonds is 7. The van der Waals surface area contributed by atoms with Gasteiger partial charge in [0, 0.05) is 11.3 Å². The SMILES string of the molecule is Cc1cnn(COP(=O)(O)O)c1C(O)Nc1sc2c(c1C(N)=O)CC(C)(C)OC2(C)C. The molecule has 3 heterocycles. The lowest BCUT2D eigenvalue weighted by Crippen LogP contribution is -2.42. The van der Waals surface area contributed by atoms with E-state index in [9.17, 15) is 14.5 Å². The standard InChI is InChI=1S/C18H27N4O7PS/c1-9-7-20-22(8-28-30(25,26)27)12(9)15(24)21-16-11(14(19)23)10-6-17(2,3)29-18(4,5)13(10)31-16/h7,15,21,24H,6,8H2,1-5H3,(H2,19,23)(H2,25,26,27). The summed E-state index contributed by atoms with van der Waals surface area (Å²) in [5.41, 5.74) is 6.38. The van der Waals surface area contributed by atoms with Crippen molar-refractivity contribution in [2.75, 3.05) is 5.32 Å². The molecular formula is C18H27N4O7PS. The van der Waals surface area contributed by atoms with Crippen molar-refractivity contribution in [3.8, 4) is 0 Å². The van der Waals surface area contributed by atoms with Crippen molar-refractivity contribution in [1.82, 2.24) is 9.78 Å². The van der Waals surface area contributed by atoms with E-state index in [0.29, 0.717) is 22.5 Å². The van der Waals surface area contributed by atoms with Crippen LogP contribution in [0.4, 0.5) is 5.00 Å². The van der Waals surface area contributed by atoms with Gasteiger partial charge in [0.2, 0.25) is 0 Å². The normalized spacial score (nSPS) is 18.5. The van der Waals surface area contributed by atoms with Crippen LogP contribution in [0.3, 0.4) is 0 Å². The second-order valence-electron chi connectivity index (χ2n) is 8.53. The number of anilines is 1. The number of primary amides is 1. The van der Waals surface area contributed by atoms with Crippen molar-refractivity contribution in [3.05, 3.63) is 33.5 Å². The van der Waals surface area contributed by atoms with Crippen LogP contribution in [0.15, 0.2) is 6.20 Å². The smallest absolute Gasteiger partial charge is 0.368 e. The fraction of sp³-hybridized carbons (Fsp3) is 0.556. The molecule has 0 saturated heterocycles. The first-order valence-electron chi connectivity index (χ1n) is 9.44. The summed E-state index contributed by atoms with van der Waals surface area (Å²) in [4.78, 5) is 31.1. The highest BCUT2D eigenvalue weighted by atomic mass is 32.1. The average Bonchev–Trinajstić information content (AvgIpc) is 3.11. The third-order valence-corrected chi connectivity index (χ3v) is 6.80. The lowest BCUT2D eigenvalue weighted by atomic mass is 9.86. The molecule has 0 spiro atoms. The van der Waals surface area contributed by atoms with Crippen molar-refractivity contribution in [2.45, 2.75) is 65.2 Å². The molecule has 11 nitrogen and oxygen atoms in total. The zero-order valence-corrected chi connectivity index (χ0v) is 19.6. The molecule has 31 heavy (non-hydrogen) atoms. The molecule has 0 aliphatic carbocycles. The molecule has 0 bridgehead atoms. The number of hydrogen-bond acceptors (Lipinski definition) is 8. The van der Waals surface area contributed by atoms with Gasteiger partial charge in [-0.2, -0.15) is 5.10 Å². The minimum absolute atomic E-state index is 0.228. The Kier molecular flexibility index (Phi) is 6.13. The first-order chi connectivity index (χ1) is 14.1. The number of hydrogen-bond donors (Lipinski definition) is 5. The van der Waals surface area contributed by atoms with Gasteiger partial charge in [0.15, 0.2) is 13.0 Å². The molecule has 1 unspecified atom stereocenters. The molecule has 0 fully saturated rings. The molecule has 2 aromatic rings. The molecule has 1 aliphatic heterocycles. The van der Waals surface area contributed by atoms with Crippen LogP contribution in [0.25, 0.3) is 0 Å². The van der Waals surface area contributed by atoms with Crippen LogP contribution < -0.4 is 11.1 Å². The number of fused-ring (bicyclic) bond motifs is 1. The molecule has 6 N–H and O–H groups in total. The lowest BCUT2D eigenvalue weighted by molar-refractivity contribution is -0.135. The first kappa shape index (κ1) is 23.9. The number of nitrogens with two attached hydrogens (primary N) is 1. The highest BCUT2D eigenvalue weighted by molar-refractivity contribution is 7.46. The molecular weight excluding hydrogens is 447 g/mol. The Balaban J connectivity index is 1.98. The van der Waals surface area contributed by atoms with Crippen molar-refractivity contribution >= 4 is 30.1 Å². The molecule has 13 heteroatoms. The van der Waals surface area contributed by atoms with Crippen LogP contribution in [-0.4, -0.2) is 36.2 Å². The highest BCUT2D eigenvalue weighted by Gasteiger charge is 2.43. The van der Waals surface area contributed by atoms with E-state index in [-0.39, 0.29) is 5.69 Å². The van der Waals surface area contributed by atoms with Gasteiger partial charge in [-0.25, -0.2) is 9.25 Å². The second-order valence-corrected chi connectivity index (χ2v) is 10.8. The second kappa shape index (κ2) is 7.96. The van der Waals surface area contributed by atoms with Crippen molar-refractivity contribution in [2.24, 2.45) is 5.73 Å². The predicted octanol–water partition coefficient (Wildman–Crippen LogP) is 2.11. The summed E-state index contributed by atoms with van der Waals surface area (Å²) < 4.78 is 22.8.